The van der Waals surface area contributed by atoms with Gasteiger partial charge in [0.15, 0.2) is 0 Å². The molecule has 1 aliphatic rings. The number of anilines is 2. The second-order valence-corrected chi connectivity index (χ2v) is 9.47. The molecule has 3 aromatic rings. The maximum absolute atomic E-state index is 12.4. The van der Waals surface area contributed by atoms with Crippen molar-refractivity contribution in [2.45, 2.75) is 19.8 Å². The molecule has 28 heavy (non-hydrogen) atoms. The minimum Gasteiger partial charge on any atom is -0.440 e. The maximum Gasteiger partial charge on any atom is 0.236 e. The molecule has 1 N–H and O–H groups in total. The fraction of sp³-hybridized carbons (Fsp3) is 0.263. The Morgan fingerprint density at radius 1 is 1.29 bits per heavy atom. The third kappa shape index (κ3) is 3.81. The zero-order chi connectivity index (χ0) is 19.7. The first kappa shape index (κ1) is 18.7. The smallest absolute Gasteiger partial charge is 0.236 e. The highest BCUT2D eigenvalue weighted by molar-refractivity contribution is 7.93. The first-order valence-corrected chi connectivity index (χ1v) is 11.3. The third-order valence-corrected chi connectivity index (χ3v) is 7.22. The zero-order valence-corrected chi connectivity index (χ0v) is 16.8. The summed E-state index contributed by atoms with van der Waals surface area (Å²) >= 11 is 1.53. The minimum atomic E-state index is -3.21. The van der Waals surface area contributed by atoms with E-state index in [9.17, 15) is 13.2 Å². The fourth-order valence-corrected chi connectivity index (χ4v) is 5.31. The van der Waals surface area contributed by atoms with Gasteiger partial charge in [0.25, 0.3) is 0 Å². The van der Waals surface area contributed by atoms with Gasteiger partial charge in [0.1, 0.15) is 5.76 Å². The Morgan fingerprint density at radius 2 is 2.07 bits per heavy atom. The van der Waals surface area contributed by atoms with Gasteiger partial charge < -0.3 is 9.73 Å². The molecule has 0 aliphatic carbocycles. The van der Waals surface area contributed by atoms with Crippen LogP contribution in [0.1, 0.15) is 17.9 Å². The molecule has 4 rings (SSSR count). The first-order valence-electron chi connectivity index (χ1n) is 8.83. The van der Waals surface area contributed by atoms with Crippen molar-refractivity contribution in [1.29, 1.82) is 0 Å². The number of nitrogens with one attached hydrogen (secondary N) is 1. The van der Waals surface area contributed by atoms with Crippen LogP contribution >= 0.6 is 11.3 Å². The van der Waals surface area contributed by atoms with Gasteiger partial charge in [-0.1, -0.05) is 6.07 Å². The van der Waals surface area contributed by atoms with E-state index in [0.29, 0.717) is 41.7 Å². The molecule has 0 atom stereocenters. The van der Waals surface area contributed by atoms with Crippen LogP contribution in [0.15, 0.2) is 46.2 Å². The number of rotatable bonds is 5. The summed E-state index contributed by atoms with van der Waals surface area (Å²) in [5.41, 5.74) is 1.81. The first-order chi connectivity index (χ1) is 13.4. The molecule has 0 saturated carbocycles. The molecule has 0 bridgehead atoms. The molecule has 0 radical (unpaired) electrons. The van der Waals surface area contributed by atoms with Gasteiger partial charge in [-0.05, 0) is 49.1 Å². The van der Waals surface area contributed by atoms with Gasteiger partial charge in [0, 0.05) is 12.2 Å². The number of aromatic nitrogens is 1. The summed E-state index contributed by atoms with van der Waals surface area (Å²) in [6.45, 7) is 2.28. The van der Waals surface area contributed by atoms with Crippen molar-refractivity contribution in [1.82, 2.24) is 4.98 Å². The van der Waals surface area contributed by atoms with Crippen LogP contribution < -0.4 is 9.62 Å². The van der Waals surface area contributed by atoms with Crippen LogP contribution in [0.3, 0.4) is 0 Å². The number of nitrogens with zero attached hydrogens (tertiary/aromatic N) is 2. The highest BCUT2D eigenvalue weighted by atomic mass is 32.2. The predicted molar refractivity (Wildman–Crippen MR) is 109 cm³/mol. The van der Waals surface area contributed by atoms with Crippen molar-refractivity contribution < 1.29 is 17.6 Å². The molecule has 1 amide bonds. The number of hydrogen-bond acceptors (Lipinski definition) is 6. The fourth-order valence-electron chi connectivity index (χ4n) is 3.10. The van der Waals surface area contributed by atoms with Crippen LogP contribution in [0.25, 0.3) is 10.8 Å². The Morgan fingerprint density at radius 3 is 2.71 bits per heavy atom. The molecule has 1 fully saturated rings. The summed E-state index contributed by atoms with van der Waals surface area (Å²) in [6.07, 6.45) is 0.730. The van der Waals surface area contributed by atoms with Crippen LogP contribution in [-0.2, 0) is 21.2 Å². The Hall–Kier alpha value is -2.65. The Bertz CT molecular complexity index is 1090. The van der Waals surface area contributed by atoms with E-state index in [0.717, 1.165) is 4.88 Å². The summed E-state index contributed by atoms with van der Waals surface area (Å²) in [6, 6.07) is 10.6. The lowest BCUT2D eigenvalue weighted by molar-refractivity contribution is -0.115. The number of thiophene rings is 1. The molecule has 2 aromatic heterocycles. The number of sulfonamides is 1. The van der Waals surface area contributed by atoms with E-state index < -0.39 is 10.0 Å². The number of carbonyl (C=O) groups excluding carboxylic acids is 1. The van der Waals surface area contributed by atoms with Gasteiger partial charge >= 0.3 is 0 Å². The molecule has 1 saturated heterocycles. The SMILES string of the molecule is Cc1oc(-c2cccs2)nc1CC(=O)Nc1ccc(N2CCCS2(=O)=O)cc1. The Labute approximate surface area is 167 Å². The predicted octanol–water partition coefficient (Wildman–Crippen LogP) is 3.43. The van der Waals surface area contributed by atoms with Crippen LogP contribution in [0.2, 0.25) is 0 Å². The van der Waals surface area contributed by atoms with Crippen LogP contribution in [-0.4, -0.2) is 31.6 Å². The number of oxazole rings is 1. The lowest BCUT2D eigenvalue weighted by atomic mass is 10.2. The van der Waals surface area contributed by atoms with E-state index in [-0.39, 0.29) is 18.1 Å². The summed E-state index contributed by atoms with van der Waals surface area (Å²) in [5, 5.41) is 4.76. The summed E-state index contributed by atoms with van der Waals surface area (Å²) < 4.78 is 31.0. The molecule has 146 valence electrons. The van der Waals surface area contributed by atoms with Gasteiger partial charge in [0.2, 0.25) is 21.8 Å². The van der Waals surface area contributed by atoms with Crippen molar-refractivity contribution in [2.24, 2.45) is 0 Å². The largest absolute Gasteiger partial charge is 0.440 e. The van der Waals surface area contributed by atoms with E-state index in [2.05, 4.69) is 10.3 Å². The average molecular weight is 418 g/mol. The molecule has 0 spiro atoms. The number of hydrogen-bond donors (Lipinski definition) is 1. The summed E-state index contributed by atoms with van der Waals surface area (Å²) in [7, 11) is -3.21. The Kier molecular flexibility index (Phi) is 4.94. The molecule has 0 unspecified atom stereocenters. The van der Waals surface area contributed by atoms with E-state index in [1.807, 2.05) is 17.5 Å². The van der Waals surface area contributed by atoms with Crippen molar-refractivity contribution in [3.8, 4) is 10.8 Å². The van der Waals surface area contributed by atoms with Crippen molar-refractivity contribution in [3.63, 3.8) is 0 Å². The Balaban J connectivity index is 1.42. The van der Waals surface area contributed by atoms with E-state index in [1.165, 1.54) is 15.6 Å². The number of benzene rings is 1. The summed E-state index contributed by atoms with van der Waals surface area (Å²) in [5.74, 6) is 1.10. The maximum atomic E-state index is 12.4. The van der Waals surface area contributed by atoms with Gasteiger partial charge in [-0.25, -0.2) is 13.4 Å². The number of aryl methyl sites for hydroxylation is 1. The number of amides is 1. The van der Waals surface area contributed by atoms with E-state index >= 15 is 0 Å². The van der Waals surface area contributed by atoms with E-state index in [4.69, 9.17) is 4.42 Å². The van der Waals surface area contributed by atoms with Gasteiger partial charge in [-0.15, -0.1) is 11.3 Å². The van der Waals surface area contributed by atoms with Gasteiger partial charge in [-0.2, -0.15) is 0 Å². The van der Waals surface area contributed by atoms with E-state index in [1.54, 1.807) is 31.2 Å². The minimum absolute atomic E-state index is 0.100. The highest BCUT2D eigenvalue weighted by Gasteiger charge is 2.28. The zero-order valence-electron chi connectivity index (χ0n) is 15.2. The molecule has 7 nitrogen and oxygen atoms in total. The molecule has 3 heterocycles. The average Bonchev–Trinajstić information content (AvgIpc) is 3.37. The second kappa shape index (κ2) is 7.40. The third-order valence-electron chi connectivity index (χ3n) is 4.49. The standard InChI is InChI=1S/C19H19N3O4S2/c1-13-16(21-19(26-13)17-4-2-10-27-17)12-18(23)20-14-5-7-15(8-6-14)22-9-3-11-28(22,24)25/h2,4-8,10H,3,9,11-12H2,1H3,(H,20,23). The topological polar surface area (TPSA) is 92.5 Å². The van der Waals surface area contributed by atoms with Crippen molar-refractivity contribution in [2.75, 3.05) is 21.9 Å². The number of carbonyl (C=O) groups is 1. The van der Waals surface area contributed by atoms with Crippen LogP contribution in [0.5, 0.6) is 0 Å². The second-order valence-electron chi connectivity index (χ2n) is 6.51. The molecular formula is C19H19N3O4S2. The highest BCUT2D eigenvalue weighted by Crippen LogP contribution is 2.27. The molecule has 9 heteroatoms. The van der Waals surface area contributed by atoms with Crippen LogP contribution in [0.4, 0.5) is 11.4 Å². The lowest BCUT2D eigenvalue weighted by Gasteiger charge is -2.17. The lowest BCUT2D eigenvalue weighted by Crippen LogP contribution is -2.25. The monoisotopic (exact) mass is 417 g/mol. The summed E-state index contributed by atoms with van der Waals surface area (Å²) in [4.78, 5) is 17.7. The normalized spacial score (nSPS) is 15.7. The van der Waals surface area contributed by atoms with Crippen LogP contribution in [0, 0.1) is 6.92 Å². The molecule has 1 aliphatic heterocycles. The van der Waals surface area contributed by atoms with Crippen molar-refractivity contribution in [3.05, 3.63) is 53.2 Å². The van der Waals surface area contributed by atoms with Crippen molar-refractivity contribution >= 4 is 38.6 Å². The molecular weight excluding hydrogens is 398 g/mol. The quantitative estimate of drug-likeness (QED) is 0.687. The molecule has 1 aromatic carbocycles. The van der Waals surface area contributed by atoms with Gasteiger partial charge in [0.05, 0.1) is 28.4 Å². The van der Waals surface area contributed by atoms with Gasteiger partial charge in [-0.3, -0.25) is 9.10 Å².